The van der Waals surface area contributed by atoms with Gasteiger partial charge in [-0.05, 0) is 28.7 Å². The smallest absolute Gasteiger partial charge is 0.230 e. The van der Waals surface area contributed by atoms with Crippen LogP contribution in [0.5, 0.6) is 0 Å². The van der Waals surface area contributed by atoms with Crippen LogP contribution in [-0.4, -0.2) is 31.4 Å². The Morgan fingerprint density at radius 3 is 2.35 bits per heavy atom. The molecule has 2 heterocycles. The van der Waals surface area contributed by atoms with E-state index in [1.54, 1.807) is 6.20 Å². The average molecular weight is 472 g/mol. The zero-order chi connectivity index (χ0) is 24.0. The van der Waals surface area contributed by atoms with Crippen molar-refractivity contribution < 1.29 is 4.79 Å². The Hall–Kier alpha value is -3.45. The molecule has 0 aliphatic carbocycles. The Balaban J connectivity index is 1.52. The number of benzene rings is 2. The third kappa shape index (κ3) is 6.11. The number of pyridine rings is 1. The number of thioether (sulfide) groups is 1. The van der Waals surface area contributed by atoms with Gasteiger partial charge in [0.15, 0.2) is 11.0 Å². The second-order valence-electron chi connectivity index (χ2n) is 9.09. The van der Waals surface area contributed by atoms with E-state index in [0.29, 0.717) is 18.2 Å². The van der Waals surface area contributed by atoms with Gasteiger partial charge in [0.25, 0.3) is 0 Å². The van der Waals surface area contributed by atoms with Crippen LogP contribution in [0.25, 0.3) is 11.4 Å². The highest BCUT2D eigenvalue weighted by atomic mass is 32.2. The topological polar surface area (TPSA) is 72.7 Å². The number of aromatic nitrogens is 4. The van der Waals surface area contributed by atoms with Crippen LogP contribution in [0.3, 0.4) is 0 Å². The number of nitrogens with one attached hydrogen (secondary N) is 1. The second-order valence-corrected chi connectivity index (χ2v) is 10.0. The van der Waals surface area contributed by atoms with Crippen LogP contribution in [0.4, 0.5) is 0 Å². The highest BCUT2D eigenvalue weighted by molar-refractivity contribution is 7.99. The largest absolute Gasteiger partial charge is 0.350 e. The maximum absolute atomic E-state index is 12.5. The number of rotatable bonds is 8. The summed E-state index contributed by atoms with van der Waals surface area (Å²) in [7, 11) is 0. The van der Waals surface area contributed by atoms with Crippen molar-refractivity contribution in [3.05, 3.63) is 95.8 Å². The summed E-state index contributed by atoms with van der Waals surface area (Å²) in [6.45, 7) is 7.64. The van der Waals surface area contributed by atoms with Gasteiger partial charge in [-0.3, -0.25) is 14.3 Å². The molecule has 0 aliphatic rings. The summed E-state index contributed by atoms with van der Waals surface area (Å²) in [6, 6.07) is 24.4. The van der Waals surface area contributed by atoms with Gasteiger partial charge in [-0.2, -0.15) is 0 Å². The van der Waals surface area contributed by atoms with Crippen LogP contribution < -0.4 is 5.32 Å². The van der Waals surface area contributed by atoms with Crippen LogP contribution in [0, 0.1) is 0 Å². The number of carbonyl (C=O) groups excluding carboxylic acids is 1. The first-order valence-electron chi connectivity index (χ1n) is 11.3. The van der Waals surface area contributed by atoms with E-state index in [0.717, 1.165) is 22.6 Å². The van der Waals surface area contributed by atoms with E-state index in [1.165, 1.54) is 17.3 Å². The first-order chi connectivity index (χ1) is 16.4. The normalized spacial score (nSPS) is 11.4. The molecule has 4 rings (SSSR count). The first kappa shape index (κ1) is 23.7. The molecule has 4 aromatic rings. The summed E-state index contributed by atoms with van der Waals surface area (Å²) in [4.78, 5) is 16.7. The molecular formula is C27H29N5OS. The predicted molar refractivity (Wildman–Crippen MR) is 137 cm³/mol. The van der Waals surface area contributed by atoms with Crippen molar-refractivity contribution in [1.82, 2.24) is 25.1 Å². The number of hydrogen-bond acceptors (Lipinski definition) is 5. The highest BCUT2D eigenvalue weighted by Gasteiger charge is 2.18. The van der Waals surface area contributed by atoms with E-state index < -0.39 is 0 Å². The lowest BCUT2D eigenvalue weighted by Gasteiger charge is -2.19. The monoisotopic (exact) mass is 471 g/mol. The Kier molecular flexibility index (Phi) is 7.43. The SMILES string of the molecule is CC(C)(C)c1ccc(-c2nnc(SCC(=O)NCc3ccccn3)n2Cc2ccccc2)cc1. The van der Waals surface area contributed by atoms with E-state index in [2.05, 4.69) is 82.2 Å². The van der Waals surface area contributed by atoms with Crippen molar-refractivity contribution in [1.29, 1.82) is 0 Å². The molecule has 174 valence electrons. The number of amides is 1. The minimum absolute atomic E-state index is 0.0685. The third-order valence-corrected chi connectivity index (χ3v) is 6.40. The summed E-state index contributed by atoms with van der Waals surface area (Å²) in [5.74, 6) is 0.976. The Bertz CT molecular complexity index is 1220. The number of nitrogens with zero attached hydrogens (tertiary/aromatic N) is 4. The fraction of sp³-hybridized carbons (Fsp3) is 0.259. The summed E-state index contributed by atoms with van der Waals surface area (Å²) >= 11 is 1.39. The average Bonchev–Trinajstić information content (AvgIpc) is 3.24. The fourth-order valence-electron chi connectivity index (χ4n) is 3.51. The van der Waals surface area contributed by atoms with Gasteiger partial charge in [0, 0.05) is 11.8 Å². The minimum Gasteiger partial charge on any atom is -0.350 e. The molecule has 0 unspecified atom stereocenters. The molecule has 6 nitrogen and oxygen atoms in total. The Morgan fingerprint density at radius 1 is 0.941 bits per heavy atom. The van der Waals surface area contributed by atoms with Gasteiger partial charge in [0.1, 0.15) is 0 Å². The molecule has 0 atom stereocenters. The van der Waals surface area contributed by atoms with Crippen molar-refractivity contribution in [2.45, 2.75) is 44.4 Å². The van der Waals surface area contributed by atoms with Gasteiger partial charge in [-0.25, -0.2) is 0 Å². The van der Waals surface area contributed by atoms with Gasteiger partial charge >= 0.3 is 0 Å². The standard InChI is InChI=1S/C27H29N5OS/c1-27(2,3)22-14-12-21(13-15-22)25-30-31-26(32(25)18-20-9-5-4-6-10-20)34-19-24(33)29-17-23-11-7-8-16-28-23/h4-16H,17-19H2,1-3H3,(H,29,33). The molecule has 7 heteroatoms. The highest BCUT2D eigenvalue weighted by Crippen LogP contribution is 2.28. The molecule has 0 spiro atoms. The Labute approximate surface area is 204 Å². The summed E-state index contributed by atoms with van der Waals surface area (Å²) in [5, 5.41) is 12.6. The molecule has 2 aromatic carbocycles. The number of carbonyl (C=O) groups is 1. The maximum atomic E-state index is 12.5. The lowest BCUT2D eigenvalue weighted by atomic mass is 9.87. The molecule has 0 fully saturated rings. The Morgan fingerprint density at radius 2 is 1.68 bits per heavy atom. The van der Waals surface area contributed by atoms with E-state index >= 15 is 0 Å². The van der Waals surface area contributed by atoms with Gasteiger partial charge in [0.2, 0.25) is 5.91 Å². The lowest BCUT2D eigenvalue weighted by Crippen LogP contribution is -2.25. The van der Waals surface area contributed by atoms with E-state index in [-0.39, 0.29) is 17.1 Å². The van der Waals surface area contributed by atoms with Crippen molar-refractivity contribution >= 4 is 17.7 Å². The van der Waals surface area contributed by atoms with Gasteiger partial charge in [-0.15, -0.1) is 10.2 Å². The van der Waals surface area contributed by atoms with Crippen molar-refractivity contribution in [2.24, 2.45) is 0 Å². The second kappa shape index (κ2) is 10.7. The van der Waals surface area contributed by atoms with Gasteiger partial charge in [-0.1, -0.05) is 93.2 Å². The van der Waals surface area contributed by atoms with Gasteiger partial charge < -0.3 is 5.32 Å². The molecule has 0 saturated carbocycles. The van der Waals surface area contributed by atoms with Crippen LogP contribution in [0.15, 0.2) is 84.1 Å². The zero-order valence-corrected chi connectivity index (χ0v) is 20.5. The maximum Gasteiger partial charge on any atom is 0.230 e. The van der Waals surface area contributed by atoms with Crippen molar-refractivity contribution in [3.8, 4) is 11.4 Å². The third-order valence-electron chi connectivity index (χ3n) is 5.43. The van der Waals surface area contributed by atoms with E-state index in [9.17, 15) is 4.79 Å². The lowest BCUT2D eigenvalue weighted by molar-refractivity contribution is -0.118. The van der Waals surface area contributed by atoms with Crippen LogP contribution >= 0.6 is 11.8 Å². The molecule has 1 N–H and O–H groups in total. The predicted octanol–water partition coefficient (Wildman–Crippen LogP) is 5.09. The minimum atomic E-state index is -0.0685. The van der Waals surface area contributed by atoms with Crippen molar-refractivity contribution in [2.75, 3.05) is 5.75 Å². The van der Waals surface area contributed by atoms with Crippen molar-refractivity contribution in [3.63, 3.8) is 0 Å². The van der Waals surface area contributed by atoms with Crippen LogP contribution in [0.1, 0.15) is 37.6 Å². The van der Waals surface area contributed by atoms with E-state index in [4.69, 9.17) is 0 Å². The van der Waals surface area contributed by atoms with Crippen LogP contribution in [-0.2, 0) is 23.3 Å². The summed E-state index contributed by atoms with van der Waals surface area (Å²) in [5.41, 5.74) is 4.33. The molecule has 1 amide bonds. The van der Waals surface area contributed by atoms with Gasteiger partial charge in [0.05, 0.1) is 24.5 Å². The first-order valence-corrected chi connectivity index (χ1v) is 12.3. The van der Waals surface area contributed by atoms with Crippen LogP contribution in [0.2, 0.25) is 0 Å². The quantitative estimate of drug-likeness (QED) is 0.362. The zero-order valence-electron chi connectivity index (χ0n) is 19.7. The molecule has 34 heavy (non-hydrogen) atoms. The molecular weight excluding hydrogens is 442 g/mol. The number of hydrogen-bond donors (Lipinski definition) is 1. The summed E-state index contributed by atoms with van der Waals surface area (Å²) in [6.07, 6.45) is 1.72. The molecule has 0 bridgehead atoms. The fourth-order valence-corrected chi connectivity index (χ4v) is 4.28. The summed E-state index contributed by atoms with van der Waals surface area (Å²) < 4.78 is 2.08. The molecule has 0 radical (unpaired) electrons. The molecule has 0 aliphatic heterocycles. The molecule has 0 saturated heterocycles. The van der Waals surface area contributed by atoms with E-state index in [1.807, 2.05) is 36.4 Å². The molecule has 2 aromatic heterocycles.